The van der Waals surface area contributed by atoms with Crippen LogP contribution in [0.25, 0.3) is 0 Å². The van der Waals surface area contributed by atoms with Gasteiger partial charge in [0.2, 0.25) is 0 Å². The predicted octanol–water partition coefficient (Wildman–Crippen LogP) is 1.78. The van der Waals surface area contributed by atoms with E-state index in [-0.39, 0.29) is 5.97 Å². The van der Waals surface area contributed by atoms with Crippen molar-refractivity contribution in [1.82, 2.24) is 4.90 Å². The van der Waals surface area contributed by atoms with Gasteiger partial charge in [0.1, 0.15) is 5.54 Å². The highest BCUT2D eigenvalue weighted by molar-refractivity contribution is 5.79. The number of nitrogens with two attached hydrogens (primary N) is 1. The molecule has 0 aliphatic carbocycles. The summed E-state index contributed by atoms with van der Waals surface area (Å²) in [6.07, 6.45) is 4.39. The van der Waals surface area contributed by atoms with Crippen LogP contribution in [-0.4, -0.2) is 43.2 Å². The van der Waals surface area contributed by atoms with Crippen LogP contribution in [0.2, 0.25) is 0 Å². The van der Waals surface area contributed by atoms with Crippen LogP contribution in [0.5, 0.6) is 0 Å². The Morgan fingerprint density at radius 2 is 2.06 bits per heavy atom. The van der Waals surface area contributed by atoms with Gasteiger partial charge in [-0.25, -0.2) is 0 Å². The van der Waals surface area contributed by atoms with Crippen LogP contribution in [-0.2, 0) is 9.53 Å². The van der Waals surface area contributed by atoms with E-state index in [1.165, 1.54) is 26.4 Å². The average molecular weight is 256 g/mol. The molecule has 0 radical (unpaired) electrons. The van der Waals surface area contributed by atoms with E-state index < -0.39 is 5.54 Å². The molecule has 1 rings (SSSR count). The second-order valence-electron chi connectivity index (χ2n) is 5.89. The van der Waals surface area contributed by atoms with Crippen molar-refractivity contribution in [2.45, 2.75) is 52.0 Å². The van der Waals surface area contributed by atoms with E-state index in [9.17, 15) is 4.79 Å². The highest BCUT2D eigenvalue weighted by Crippen LogP contribution is 2.37. The molecule has 0 amide bonds. The zero-order chi connectivity index (χ0) is 13.8. The van der Waals surface area contributed by atoms with Crippen LogP contribution in [0, 0.1) is 5.41 Å². The second kappa shape index (κ2) is 6.02. The first kappa shape index (κ1) is 15.4. The van der Waals surface area contributed by atoms with Gasteiger partial charge in [0.15, 0.2) is 0 Å². The van der Waals surface area contributed by atoms with Gasteiger partial charge in [0, 0.05) is 13.1 Å². The lowest BCUT2D eigenvalue weighted by atomic mass is 9.82. The lowest BCUT2D eigenvalue weighted by Gasteiger charge is -2.28. The number of carbonyl (C=O) groups is 1. The van der Waals surface area contributed by atoms with Gasteiger partial charge in [-0.1, -0.05) is 13.8 Å². The molecule has 1 aliphatic heterocycles. The monoisotopic (exact) mass is 256 g/mol. The molecule has 1 atom stereocenters. The van der Waals surface area contributed by atoms with Gasteiger partial charge in [-0.3, -0.25) is 4.79 Å². The van der Waals surface area contributed by atoms with E-state index >= 15 is 0 Å². The van der Waals surface area contributed by atoms with Crippen molar-refractivity contribution >= 4 is 5.97 Å². The molecule has 106 valence electrons. The molecule has 0 aromatic rings. The Hall–Kier alpha value is -0.610. The Balaban J connectivity index is 2.45. The van der Waals surface area contributed by atoms with Crippen LogP contribution >= 0.6 is 0 Å². The minimum Gasteiger partial charge on any atom is -0.468 e. The number of hydrogen-bond donors (Lipinski definition) is 1. The molecule has 18 heavy (non-hydrogen) atoms. The van der Waals surface area contributed by atoms with Crippen molar-refractivity contribution in [1.29, 1.82) is 0 Å². The molecule has 1 saturated heterocycles. The number of carbonyl (C=O) groups excluding carboxylic acids is 1. The normalized spacial score (nSPS) is 22.7. The summed E-state index contributed by atoms with van der Waals surface area (Å²) in [5.41, 5.74) is 5.60. The fourth-order valence-electron chi connectivity index (χ4n) is 2.77. The summed E-state index contributed by atoms with van der Waals surface area (Å²) < 4.78 is 4.73. The Morgan fingerprint density at radius 1 is 1.44 bits per heavy atom. The predicted molar refractivity (Wildman–Crippen MR) is 73.3 cm³/mol. The van der Waals surface area contributed by atoms with E-state index in [2.05, 4.69) is 18.7 Å². The molecule has 4 nitrogen and oxygen atoms in total. The fraction of sp³-hybridized carbons (Fsp3) is 0.929. The van der Waals surface area contributed by atoms with Crippen molar-refractivity contribution in [3.05, 3.63) is 0 Å². The molecule has 1 heterocycles. The highest BCUT2D eigenvalue weighted by atomic mass is 16.5. The summed E-state index contributed by atoms with van der Waals surface area (Å²) in [5, 5.41) is 0. The van der Waals surface area contributed by atoms with E-state index in [1.807, 2.05) is 0 Å². The van der Waals surface area contributed by atoms with Gasteiger partial charge < -0.3 is 15.4 Å². The number of ether oxygens (including phenoxy) is 1. The molecule has 1 aliphatic rings. The average Bonchev–Trinajstić information content (AvgIpc) is 2.80. The fourth-order valence-corrected chi connectivity index (χ4v) is 2.77. The molecule has 0 spiro atoms. The minimum absolute atomic E-state index is 0.320. The first-order chi connectivity index (χ1) is 8.39. The molecule has 4 heteroatoms. The molecule has 0 aromatic heterocycles. The topological polar surface area (TPSA) is 55.6 Å². The third-order valence-electron chi connectivity index (χ3n) is 4.62. The maximum atomic E-state index is 11.5. The number of methoxy groups -OCH3 is 1. The number of likely N-dealkylation sites (tertiary alicyclic amines) is 1. The van der Waals surface area contributed by atoms with Gasteiger partial charge in [-0.05, 0) is 44.6 Å². The number of nitrogens with zero attached hydrogens (tertiary/aromatic N) is 1. The molecular formula is C14H28N2O2. The molecule has 0 saturated carbocycles. The summed E-state index contributed by atoms with van der Waals surface area (Å²) in [7, 11) is 1.39. The van der Waals surface area contributed by atoms with Gasteiger partial charge in [-0.2, -0.15) is 0 Å². The number of hydrogen-bond acceptors (Lipinski definition) is 4. The number of esters is 1. The smallest absolute Gasteiger partial charge is 0.325 e. The Bertz CT molecular complexity index is 286. The largest absolute Gasteiger partial charge is 0.468 e. The molecule has 0 bridgehead atoms. The van der Waals surface area contributed by atoms with Crippen molar-refractivity contribution in [3.8, 4) is 0 Å². The maximum absolute atomic E-state index is 11.5. The van der Waals surface area contributed by atoms with Crippen molar-refractivity contribution in [3.63, 3.8) is 0 Å². The van der Waals surface area contributed by atoms with Gasteiger partial charge in [0.25, 0.3) is 0 Å². The first-order valence-corrected chi connectivity index (χ1v) is 6.99. The Labute approximate surface area is 111 Å². The van der Waals surface area contributed by atoms with Gasteiger partial charge in [0.05, 0.1) is 7.11 Å². The zero-order valence-corrected chi connectivity index (χ0v) is 12.3. The third-order valence-corrected chi connectivity index (χ3v) is 4.62. The van der Waals surface area contributed by atoms with Crippen molar-refractivity contribution < 1.29 is 9.53 Å². The van der Waals surface area contributed by atoms with Crippen LogP contribution in [0.3, 0.4) is 0 Å². The lowest BCUT2D eigenvalue weighted by Crippen LogP contribution is -2.48. The Kier molecular flexibility index (Phi) is 5.17. The summed E-state index contributed by atoms with van der Waals surface area (Å²) >= 11 is 0. The van der Waals surface area contributed by atoms with Crippen LogP contribution in [0.4, 0.5) is 0 Å². The molecular weight excluding hydrogens is 228 g/mol. The molecule has 0 aromatic carbocycles. The van der Waals surface area contributed by atoms with E-state index in [4.69, 9.17) is 10.5 Å². The minimum atomic E-state index is -0.863. The second-order valence-corrected chi connectivity index (χ2v) is 5.89. The summed E-state index contributed by atoms with van der Waals surface area (Å²) in [5.74, 6) is -0.320. The maximum Gasteiger partial charge on any atom is 0.325 e. The third kappa shape index (κ3) is 3.45. The van der Waals surface area contributed by atoms with Gasteiger partial charge in [-0.15, -0.1) is 0 Å². The first-order valence-electron chi connectivity index (χ1n) is 6.99. The summed E-state index contributed by atoms with van der Waals surface area (Å²) in [4.78, 5) is 13.9. The zero-order valence-electron chi connectivity index (χ0n) is 12.3. The molecule has 1 fully saturated rings. The molecule has 1 unspecified atom stereocenters. The lowest BCUT2D eigenvalue weighted by molar-refractivity contribution is -0.146. The van der Waals surface area contributed by atoms with Crippen LogP contribution in [0.1, 0.15) is 46.5 Å². The Morgan fingerprint density at radius 3 is 2.50 bits per heavy atom. The quantitative estimate of drug-likeness (QED) is 0.736. The van der Waals surface area contributed by atoms with E-state index in [1.54, 1.807) is 6.92 Å². The van der Waals surface area contributed by atoms with Gasteiger partial charge >= 0.3 is 5.97 Å². The van der Waals surface area contributed by atoms with Crippen molar-refractivity contribution in [2.75, 3.05) is 26.7 Å². The number of rotatable bonds is 6. The molecule has 2 N–H and O–H groups in total. The van der Waals surface area contributed by atoms with Crippen molar-refractivity contribution in [2.24, 2.45) is 11.1 Å². The highest BCUT2D eigenvalue weighted by Gasteiger charge is 2.36. The van der Waals surface area contributed by atoms with Crippen LogP contribution in [0.15, 0.2) is 0 Å². The van der Waals surface area contributed by atoms with E-state index in [0.717, 1.165) is 19.6 Å². The summed E-state index contributed by atoms with van der Waals surface area (Å²) in [6, 6.07) is 0. The standard InChI is InChI=1S/C14H28N2O2/c1-5-14(6-2)8-10-16(11-14)9-7-13(3,15)12(17)18-4/h5-11,15H2,1-4H3. The van der Waals surface area contributed by atoms with E-state index in [0.29, 0.717) is 11.8 Å². The summed E-state index contributed by atoms with van der Waals surface area (Å²) in [6.45, 7) is 9.44. The SMILES string of the molecule is CCC1(CC)CCN(CCC(C)(N)C(=O)OC)C1. The van der Waals surface area contributed by atoms with Crippen LogP contribution < -0.4 is 5.73 Å².